The molecule has 2 rings (SSSR count). The van der Waals surface area contributed by atoms with Crippen LogP contribution in [0.25, 0.3) is 0 Å². The number of hydrogen-bond acceptors (Lipinski definition) is 5. The van der Waals surface area contributed by atoms with Crippen LogP contribution >= 0.6 is 0 Å². The number of carbonyl (C=O) groups excluding carboxylic acids is 1. The zero-order valence-electron chi connectivity index (χ0n) is 11.3. The summed E-state index contributed by atoms with van der Waals surface area (Å²) in [6.45, 7) is 3.16. The topological polar surface area (TPSA) is 102 Å². The van der Waals surface area contributed by atoms with Gasteiger partial charge in [-0.25, -0.2) is 0 Å². The van der Waals surface area contributed by atoms with Gasteiger partial charge in [-0.05, 0) is 31.7 Å². The van der Waals surface area contributed by atoms with Crippen molar-refractivity contribution >= 4 is 17.3 Å². The molecule has 1 aliphatic rings. The Morgan fingerprint density at radius 2 is 2.25 bits per heavy atom. The highest BCUT2D eigenvalue weighted by Crippen LogP contribution is 2.32. The number of nitro benzene ring substituents is 1. The Balaban J connectivity index is 2.32. The predicted octanol–water partition coefficient (Wildman–Crippen LogP) is 1.75. The van der Waals surface area contributed by atoms with Crippen LogP contribution in [0.2, 0.25) is 0 Å². The van der Waals surface area contributed by atoms with Crippen molar-refractivity contribution in [1.29, 1.82) is 0 Å². The third-order valence-corrected chi connectivity index (χ3v) is 3.46. The monoisotopic (exact) mass is 278 g/mol. The van der Waals surface area contributed by atoms with Crippen LogP contribution in [0.4, 0.5) is 11.4 Å². The number of nitrogens with two attached hydrogens (primary N) is 1. The molecule has 0 spiro atoms. The molecule has 0 unspecified atom stereocenters. The minimum atomic E-state index is -0.552. The Morgan fingerprint density at radius 1 is 1.55 bits per heavy atom. The number of nitrogens with one attached hydrogen (secondary N) is 1. The molecule has 7 nitrogen and oxygen atoms in total. The van der Waals surface area contributed by atoms with Crippen molar-refractivity contribution in [1.82, 2.24) is 4.90 Å². The second kappa shape index (κ2) is 5.87. The van der Waals surface area contributed by atoms with Crippen molar-refractivity contribution in [2.24, 2.45) is 11.8 Å². The summed E-state index contributed by atoms with van der Waals surface area (Å²) in [6.07, 6.45) is 2.28. The summed E-state index contributed by atoms with van der Waals surface area (Å²) >= 11 is 0. The van der Waals surface area contributed by atoms with Crippen LogP contribution in [0, 0.1) is 16.0 Å². The van der Waals surface area contributed by atoms with Gasteiger partial charge in [-0.2, -0.15) is 0 Å². The lowest BCUT2D eigenvalue weighted by Crippen LogP contribution is -2.33. The summed E-state index contributed by atoms with van der Waals surface area (Å²) in [5.74, 6) is 5.69. The van der Waals surface area contributed by atoms with Gasteiger partial charge in [0, 0.05) is 19.2 Å². The molecular formula is C13H18N4O3. The molecule has 108 valence electrons. The summed E-state index contributed by atoms with van der Waals surface area (Å²) in [5, 5.41) is 11.0. The summed E-state index contributed by atoms with van der Waals surface area (Å²) in [7, 11) is 0. The maximum atomic E-state index is 12.5. The Bertz CT molecular complexity index is 528. The molecule has 0 aliphatic heterocycles. The lowest BCUT2D eigenvalue weighted by molar-refractivity contribution is -0.384. The van der Waals surface area contributed by atoms with E-state index in [0.29, 0.717) is 19.0 Å². The van der Waals surface area contributed by atoms with E-state index in [9.17, 15) is 14.9 Å². The lowest BCUT2D eigenvalue weighted by atomic mass is 10.1. The van der Waals surface area contributed by atoms with Gasteiger partial charge in [0.2, 0.25) is 0 Å². The molecule has 0 aromatic heterocycles. The number of nitro groups is 1. The number of para-hydroxylation sites is 1. The molecule has 1 aliphatic carbocycles. The third kappa shape index (κ3) is 2.88. The molecule has 0 atom stereocenters. The van der Waals surface area contributed by atoms with Crippen molar-refractivity contribution in [2.45, 2.75) is 19.8 Å². The van der Waals surface area contributed by atoms with Crippen LogP contribution in [-0.2, 0) is 0 Å². The van der Waals surface area contributed by atoms with E-state index in [0.717, 1.165) is 12.8 Å². The van der Waals surface area contributed by atoms with E-state index in [-0.39, 0.29) is 22.8 Å². The quantitative estimate of drug-likeness (QED) is 0.469. The molecular weight excluding hydrogens is 260 g/mol. The van der Waals surface area contributed by atoms with Gasteiger partial charge in [-0.15, -0.1) is 0 Å². The van der Waals surface area contributed by atoms with Crippen LogP contribution in [0.1, 0.15) is 30.1 Å². The van der Waals surface area contributed by atoms with Crippen LogP contribution in [0.15, 0.2) is 18.2 Å². The lowest BCUT2D eigenvalue weighted by Gasteiger charge is -2.21. The van der Waals surface area contributed by atoms with Crippen molar-refractivity contribution in [2.75, 3.05) is 18.5 Å². The van der Waals surface area contributed by atoms with Gasteiger partial charge in [-0.1, -0.05) is 6.07 Å². The number of hydrazine groups is 1. The minimum absolute atomic E-state index is 0.0664. The first-order chi connectivity index (χ1) is 9.58. The van der Waals surface area contributed by atoms with E-state index in [1.165, 1.54) is 12.1 Å². The maximum Gasteiger partial charge on any atom is 0.294 e. The van der Waals surface area contributed by atoms with Gasteiger partial charge < -0.3 is 10.3 Å². The average Bonchev–Trinajstić information content (AvgIpc) is 3.26. The highest BCUT2D eigenvalue weighted by molar-refractivity contribution is 6.01. The van der Waals surface area contributed by atoms with Crippen LogP contribution < -0.4 is 11.3 Å². The SMILES string of the molecule is CCN(CC1CC1)C(=O)c1cccc([N+](=O)[O-])c1NN. The van der Waals surface area contributed by atoms with Gasteiger partial charge in [0.1, 0.15) is 5.69 Å². The largest absolute Gasteiger partial charge is 0.339 e. The number of carbonyl (C=O) groups is 1. The summed E-state index contributed by atoms with van der Waals surface area (Å²) < 4.78 is 0. The van der Waals surface area contributed by atoms with E-state index in [1.807, 2.05) is 6.92 Å². The zero-order valence-corrected chi connectivity index (χ0v) is 11.3. The first-order valence-corrected chi connectivity index (χ1v) is 6.61. The van der Waals surface area contributed by atoms with Crippen LogP contribution in [0.5, 0.6) is 0 Å². The summed E-state index contributed by atoms with van der Waals surface area (Å²) in [4.78, 5) is 24.6. The maximum absolute atomic E-state index is 12.5. The number of hydrogen-bond donors (Lipinski definition) is 2. The minimum Gasteiger partial charge on any atom is -0.339 e. The van der Waals surface area contributed by atoms with Crippen molar-refractivity contribution < 1.29 is 9.72 Å². The Kier molecular flexibility index (Phi) is 4.19. The number of amides is 1. The molecule has 0 heterocycles. The van der Waals surface area contributed by atoms with Crippen LogP contribution in [-0.4, -0.2) is 28.8 Å². The Hall–Kier alpha value is -2.15. The number of rotatable bonds is 6. The molecule has 1 aromatic rings. The molecule has 1 fully saturated rings. The van der Waals surface area contributed by atoms with E-state index < -0.39 is 4.92 Å². The smallest absolute Gasteiger partial charge is 0.294 e. The van der Waals surface area contributed by atoms with Crippen molar-refractivity contribution in [3.63, 3.8) is 0 Å². The fourth-order valence-corrected chi connectivity index (χ4v) is 2.16. The second-order valence-corrected chi connectivity index (χ2v) is 4.89. The number of benzene rings is 1. The van der Waals surface area contributed by atoms with E-state index in [1.54, 1.807) is 11.0 Å². The molecule has 1 aromatic carbocycles. The average molecular weight is 278 g/mol. The van der Waals surface area contributed by atoms with Crippen molar-refractivity contribution in [3.05, 3.63) is 33.9 Å². The van der Waals surface area contributed by atoms with Gasteiger partial charge in [0.15, 0.2) is 0 Å². The van der Waals surface area contributed by atoms with E-state index >= 15 is 0 Å². The molecule has 7 heteroatoms. The first-order valence-electron chi connectivity index (χ1n) is 6.61. The van der Waals surface area contributed by atoms with Crippen molar-refractivity contribution in [3.8, 4) is 0 Å². The van der Waals surface area contributed by atoms with E-state index in [2.05, 4.69) is 5.43 Å². The third-order valence-electron chi connectivity index (χ3n) is 3.46. The molecule has 3 N–H and O–H groups in total. The number of nitrogens with zero attached hydrogens (tertiary/aromatic N) is 2. The Morgan fingerprint density at radius 3 is 2.75 bits per heavy atom. The van der Waals surface area contributed by atoms with Gasteiger partial charge in [-0.3, -0.25) is 20.8 Å². The van der Waals surface area contributed by atoms with Gasteiger partial charge >= 0.3 is 0 Å². The van der Waals surface area contributed by atoms with E-state index in [4.69, 9.17) is 5.84 Å². The van der Waals surface area contributed by atoms with Gasteiger partial charge in [0.05, 0.1) is 10.5 Å². The fourth-order valence-electron chi connectivity index (χ4n) is 2.16. The first kappa shape index (κ1) is 14.3. The number of anilines is 1. The molecule has 0 bridgehead atoms. The molecule has 0 radical (unpaired) electrons. The Labute approximate surface area is 116 Å². The van der Waals surface area contributed by atoms with Gasteiger partial charge in [0.25, 0.3) is 11.6 Å². The molecule has 20 heavy (non-hydrogen) atoms. The molecule has 1 saturated carbocycles. The van der Waals surface area contributed by atoms with Crippen LogP contribution in [0.3, 0.4) is 0 Å². The summed E-state index contributed by atoms with van der Waals surface area (Å²) in [6, 6.07) is 4.38. The predicted molar refractivity (Wildman–Crippen MR) is 75.2 cm³/mol. The highest BCUT2D eigenvalue weighted by atomic mass is 16.6. The zero-order chi connectivity index (χ0) is 14.7. The summed E-state index contributed by atoms with van der Waals surface area (Å²) in [5.41, 5.74) is 2.40. The molecule has 0 saturated heterocycles. The normalized spacial score (nSPS) is 13.9. The molecule has 1 amide bonds. The highest BCUT2D eigenvalue weighted by Gasteiger charge is 2.29. The number of nitrogen functional groups attached to an aromatic ring is 1. The fraction of sp³-hybridized carbons (Fsp3) is 0.462. The second-order valence-electron chi connectivity index (χ2n) is 4.89. The standard InChI is InChI=1S/C13H18N4O3/c1-2-16(8-9-6-7-9)13(18)10-4-3-5-11(17(19)20)12(10)15-14/h3-5,9,15H,2,6-8,14H2,1H3.